The van der Waals surface area contributed by atoms with Gasteiger partial charge in [-0.25, -0.2) is 0 Å². The Labute approximate surface area is 188 Å². The summed E-state index contributed by atoms with van der Waals surface area (Å²) in [5.74, 6) is 0. The lowest BCUT2D eigenvalue weighted by atomic mass is 10.2. The van der Waals surface area contributed by atoms with E-state index >= 15 is 0 Å². The highest BCUT2D eigenvalue weighted by Gasteiger charge is 2.08. The number of hydrogen-bond donors (Lipinski definition) is 2. The van der Waals surface area contributed by atoms with Gasteiger partial charge in [0.25, 0.3) is 0 Å². The quantitative estimate of drug-likeness (QED) is 0.297. The minimum absolute atomic E-state index is 0.710. The average molecular weight is 431 g/mol. The fraction of sp³-hybridized carbons (Fsp3) is 0.192. The molecule has 2 N–H and O–H groups in total. The number of nitrogens with zero attached hydrogens (tertiary/aromatic N) is 2. The molecule has 158 valence electrons. The van der Waals surface area contributed by atoms with Crippen LogP contribution in [0.4, 0.5) is 17.1 Å². The van der Waals surface area contributed by atoms with Crippen LogP contribution in [-0.2, 0) is 0 Å². The van der Waals surface area contributed by atoms with Crippen molar-refractivity contribution < 1.29 is 0 Å². The summed E-state index contributed by atoms with van der Waals surface area (Å²) in [6.45, 7) is 3.69. The molecule has 0 spiro atoms. The summed E-state index contributed by atoms with van der Waals surface area (Å²) in [4.78, 5) is 6.74. The minimum Gasteiger partial charge on any atom is -0.384 e. The number of aromatic nitrogens is 1. The van der Waals surface area contributed by atoms with Gasteiger partial charge < -0.3 is 15.5 Å². The van der Waals surface area contributed by atoms with Crippen molar-refractivity contribution >= 4 is 39.6 Å². The molecule has 0 bridgehead atoms. The van der Waals surface area contributed by atoms with E-state index in [2.05, 4.69) is 81.2 Å². The number of benzene rings is 3. The molecule has 3 aromatic carbocycles. The van der Waals surface area contributed by atoms with E-state index in [1.54, 1.807) is 0 Å². The summed E-state index contributed by atoms with van der Waals surface area (Å²) in [6.07, 6.45) is 2.86. The van der Waals surface area contributed by atoms with Crippen LogP contribution in [0.3, 0.4) is 0 Å². The van der Waals surface area contributed by atoms with Crippen LogP contribution in [0.1, 0.15) is 6.42 Å². The normalized spacial score (nSPS) is 10.9. The van der Waals surface area contributed by atoms with Crippen LogP contribution in [0.2, 0.25) is 5.02 Å². The number of fused-ring (bicyclic) bond motifs is 1. The molecular weight excluding hydrogens is 404 g/mol. The van der Waals surface area contributed by atoms with Crippen molar-refractivity contribution in [3.05, 3.63) is 96.1 Å². The van der Waals surface area contributed by atoms with E-state index in [0.717, 1.165) is 49.2 Å². The van der Waals surface area contributed by atoms with Crippen molar-refractivity contribution in [2.75, 3.05) is 36.4 Å². The van der Waals surface area contributed by atoms with Gasteiger partial charge in [0.2, 0.25) is 0 Å². The van der Waals surface area contributed by atoms with Gasteiger partial charge in [-0.1, -0.05) is 48.0 Å². The Kier molecular flexibility index (Phi) is 7.37. The molecule has 4 nitrogen and oxygen atoms in total. The lowest BCUT2D eigenvalue weighted by Gasteiger charge is -2.25. The first-order valence-electron chi connectivity index (χ1n) is 10.7. The zero-order valence-electron chi connectivity index (χ0n) is 17.5. The molecule has 0 aliphatic carbocycles. The fourth-order valence-electron chi connectivity index (χ4n) is 3.65. The fourth-order valence-corrected chi connectivity index (χ4v) is 3.82. The molecule has 0 saturated carbocycles. The molecule has 1 aromatic heterocycles. The highest BCUT2D eigenvalue weighted by atomic mass is 35.5. The van der Waals surface area contributed by atoms with Crippen molar-refractivity contribution in [1.82, 2.24) is 10.3 Å². The van der Waals surface area contributed by atoms with Crippen LogP contribution in [0.5, 0.6) is 0 Å². The van der Waals surface area contributed by atoms with Gasteiger partial charge in [0.15, 0.2) is 0 Å². The van der Waals surface area contributed by atoms with Gasteiger partial charge in [-0.3, -0.25) is 4.98 Å². The summed E-state index contributed by atoms with van der Waals surface area (Å²) >= 11 is 6.07. The zero-order chi connectivity index (χ0) is 21.3. The van der Waals surface area contributed by atoms with Crippen molar-refractivity contribution in [3.63, 3.8) is 0 Å². The van der Waals surface area contributed by atoms with E-state index < -0.39 is 0 Å². The second kappa shape index (κ2) is 10.8. The number of hydrogen-bond acceptors (Lipinski definition) is 4. The third kappa shape index (κ3) is 5.75. The zero-order valence-corrected chi connectivity index (χ0v) is 18.2. The van der Waals surface area contributed by atoms with Gasteiger partial charge in [-0.15, -0.1) is 0 Å². The molecule has 0 aliphatic rings. The summed E-state index contributed by atoms with van der Waals surface area (Å²) in [6, 6.07) is 28.9. The van der Waals surface area contributed by atoms with Crippen LogP contribution in [0.25, 0.3) is 10.9 Å². The maximum Gasteiger partial charge on any atom is 0.0737 e. The molecule has 0 amide bonds. The van der Waals surface area contributed by atoms with Gasteiger partial charge in [-0.2, -0.15) is 0 Å². The lowest BCUT2D eigenvalue weighted by molar-refractivity contribution is 0.662. The Bertz CT molecular complexity index is 1050. The predicted octanol–water partition coefficient (Wildman–Crippen LogP) is 6.12. The van der Waals surface area contributed by atoms with Gasteiger partial charge in [-0.05, 0) is 61.5 Å². The highest BCUT2D eigenvalue weighted by molar-refractivity contribution is 6.31. The second-order valence-electron chi connectivity index (χ2n) is 7.37. The molecular formula is C26H27ClN4. The standard InChI is InChI=1S/C26H27ClN4/c27-21-12-13-24-25(14-17-30-26(24)20-21)29-16-7-15-28-18-19-31(22-8-3-1-4-9-22)23-10-5-2-6-11-23/h1-6,8-14,17,20,28H,7,15-16,18-19H2,(H,29,30). The summed E-state index contributed by atoms with van der Waals surface area (Å²) < 4.78 is 0. The highest BCUT2D eigenvalue weighted by Crippen LogP contribution is 2.25. The molecule has 5 heteroatoms. The monoisotopic (exact) mass is 430 g/mol. The first-order valence-corrected chi connectivity index (χ1v) is 11.1. The van der Waals surface area contributed by atoms with E-state index in [1.165, 1.54) is 11.4 Å². The minimum atomic E-state index is 0.710. The Balaban J connectivity index is 1.24. The first-order chi connectivity index (χ1) is 15.3. The lowest BCUT2D eigenvalue weighted by Crippen LogP contribution is -2.30. The molecule has 0 fully saturated rings. The second-order valence-corrected chi connectivity index (χ2v) is 7.81. The maximum atomic E-state index is 6.07. The first kappa shape index (κ1) is 21.2. The number of anilines is 3. The number of pyridine rings is 1. The van der Waals surface area contributed by atoms with E-state index in [0.29, 0.717) is 5.02 Å². The number of nitrogens with one attached hydrogen (secondary N) is 2. The Morgan fingerprint density at radius 3 is 2.19 bits per heavy atom. The molecule has 0 radical (unpaired) electrons. The Hall–Kier alpha value is -3.08. The third-order valence-corrected chi connectivity index (χ3v) is 5.43. The van der Waals surface area contributed by atoms with Gasteiger partial charge in [0.05, 0.1) is 5.52 Å². The Morgan fingerprint density at radius 1 is 0.774 bits per heavy atom. The summed E-state index contributed by atoms with van der Waals surface area (Å²) in [5, 5.41) is 8.91. The largest absolute Gasteiger partial charge is 0.384 e. The van der Waals surface area contributed by atoms with Gasteiger partial charge >= 0.3 is 0 Å². The van der Waals surface area contributed by atoms with Crippen LogP contribution >= 0.6 is 11.6 Å². The summed E-state index contributed by atoms with van der Waals surface area (Å²) in [5.41, 5.74) is 4.43. The predicted molar refractivity (Wildman–Crippen MR) is 133 cm³/mol. The number of para-hydroxylation sites is 2. The SMILES string of the molecule is Clc1ccc2c(NCCCNCCN(c3ccccc3)c3ccccc3)ccnc2c1. The topological polar surface area (TPSA) is 40.2 Å². The molecule has 0 aliphatic heterocycles. The molecule has 1 heterocycles. The van der Waals surface area contributed by atoms with E-state index in [4.69, 9.17) is 11.6 Å². The van der Waals surface area contributed by atoms with E-state index in [-0.39, 0.29) is 0 Å². The van der Waals surface area contributed by atoms with Crippen LogP contribution < -0.4 is 15.5 Å². The number of rotatable bonds is 10. The van der Waals surface area contributed by atoms with Crippen LogP contribution in [-0.4, -0.2) is 31.2 Å². The van der Waals surface area contributed by atoms with Crippen LogP contribution in [0, 0.1) is 0 Å². The summed E-state index contributed by atoms with van der Waals surface area (Å²) in [7, 11) is 0. The van der Waals surface area contributed by atoms with Gasteiger partial charge in [0, 0.05) is 53.3 Å². The average Bonchev–Trinajstić information content (AvgIpc) is 2.82. The molecule has 0 saturated heterocycles. The Morgan fingerprint density at radius 2 is 1.48 bits per heavy atom. The molecule has 0 atom stereocenters. The molecule has 0 unspecified atom stereocenters. The maximum absolute atomic E-state index is 6.07. The van der Waals surface area contributed by atoms with Crippen molar-refractivity contribution in [1.29, 1.82) is 0 Å². The van der Waals surface area contributed by atoms with E-state index in [1.807, 2.05) is 30.5 Å². The van der Waals surface area contributed by atoms with Crippen molar-refractivity contribution in [2.45, 2.75) is 6.42 Å². The van der Waals surface area contributed by atoms with Crippen LogP contribution in [0.15, 0.2) is 91.1 Å². The smallest absolute Gasteiger partial charge is 0.0737 e. The van der Waals surface area contributed by atoms with Crippen molar-refractivity contribution in [3.8, 4) is 0 Å². The molecule has 4 aromatic rings. The van der Waals surface area contributed by atoms with Gasteiger partial charge in [0.1, 0.15) is 0 Å². The molecule has 31 heavy (non-hydrogen) atoms. The van der Waals surface area contributed by atoms with E-state index in [9.17, 15) is 0 Å². The molecule has 4 rings (SSSR count). The van der Waals surface area contributed by atoms with Crippen molar-refractivity contribution in [2.24, 2.45) is 0 Å². The third-order valence-electron chi connectivity index (χ3n) is 5.20. The number of halogens is 1.